The summed E-state index contributed by atoms with van der Waals surface area (Å²) in [5.74, 6) is -4.67. The Labute approximate surface area is 84.1 Å². The minimum atomic E-state index is -1.54. The van der Waals surface area contributed by atoms with Crippen LogP contribution in [0.1, 0.15) is 6.42 Å². The molecule has 0 unspecified atom stereocenters. The van der Waals surface area contributed by atoms with Crippen LogP contribution in [0.25, 0.3) is 0 Å². The number of nitrogens with one attached hydrogen (secondary N) is 1. The van der Waals surface area contributed by atoms with Gasteiger partial charge in [-0.3, -0.25) is 4.79 Å². The van der Waals surface area contributed by atoms with E-state index in [2.05, 4.69) is 5.32 Å². The topological polar surface area (TPSA) is 55.1 Å². The molecule has 0 heterocycles. The van der Waals surface area contributed by atoms with E-state index in [4.69, 9.17) is 5.73 Å². The lowest BCUT2D eigenvalue weighted by Crippen LogP contribution is -2.16. The van der Waals surface area contributed by atoms with Crippen LogP contribution in [0.15, 0.2) is 12.1 Å². The Morgan fingerprint density at radius 1 is 1.27 bits per heavy atom. The highest BCUT2D eigenvalue weighted by atomic mass is 19.2. The molecule has 1 aromatic carbocycles. The van der Waals surface area contributed by atoms with Crippen molar-refractivity contribution in [2.24, 2.45) is 5.73 Å². The first kappa shape index (κ1) is 11.4. The zero-order valence-corrected chi connectivity index (χ0v) is 7.69. The fourth-order valence-corrected chi connectivity index (χ4v) is 0.983. The molecular formula is C9H9F3N2O. The second-order valence-electron chi connectivity index (χ2n) is 2.87. The van der Waals surface area contributed by atoms with Crippen LogP contribution in [0.4, 0.5) is 18.9 Å². The van der Waals surface area contributed by atoms with Crippen molar-refractivity contribution in [3.05, 3.63) is 29.6 Å². The molecule has 0 aliphatic heterocycles. The van der Waals surface area contributed by atoms with Crippen molar-refractivity contribution >= 4 is 11.6 Å². The minimum absolute atomic E-state index is 0.0154. The Morgan fingerprint density at radius 2 is 1.93 bits per heavy atom. The molecule has 15 heavy (non-hydrogen) atoms. The third-order valence-corrected chi connectivity index (χ3v) is 1.72. The van der Waals surface area contributed by atoms with Gasteiger partial charge in [-0.2, -0.15) is 0 Å². The third kappa shape index (κ3) is 2.87. The first-order chi connectivity index (χ1) is 7.02. The van der Waals surface area contributed by atoms with Crippen LogP contribution >= 0.6 is 0 Å². The summed E-state index contributed by atoms with van der Waals surface area (Å²) in [4.78, 5) is 10.3. The van der Waals surface area contributed by atoms with Crippen LogP contribution in [-0.2, 0) is 4.79 Å². The highest BCUT2D eigenvalue weighted by Crippen LogP contribution is 2.19. The highest BCUT2D eigenvalue weighted by molar-refractivity contribution is 5.74. The maximum absolute atomic E-state index is 13.0. The van der Waals surface area contributed by atoms with Crippen molar-refractivity contribution in [1.82, 2.24) is 0 Å². The molecule has 0 aliphatic rings. The van der Waals surface area contributed by atoms with E-state index in [0.717, 1.165) is 12.1 Å². The molecule has 3 nitrogen and oxygen atoms in total. The number of amides is 1. The maximum Gasteiger partial charge on any atom is 0.219 e. The number of hydrogen-bond donors (Lipinski definition) is 2. The summed E-state index contributed by atoms with van der Waals surface area (Å²) < 4.78 is 38.2. The molecule has 0 spiro atoms. The molecule has 6 heteroatoms. The number of anilines is 1. The van der Waals surface area contributed by atoms with Crippen LogP contribution in [0.3, 0.4) is 0 Å². The molecule has 1 aromatic rings. The van der Waals surface area contributed by atoms with Gasteiger partial charge in [0.15, 0.2) is 17.5 Å². The van der Waals surface area contributed by atoms with E-state index in [1.165, 1.54) is 0 Å². The van der Waals surface area contributed by atoms with Gasteiger partial charge in [0.05, 0.1) is 5.69 Å². The Bertz CT molecular complexity index is 382. The van der Waals surface area contributed by atoms with Crippen molar-refractivity contribution in [2.45, 2.75) is 6.42 Å². The van der Waals surface area contributed by atoms with E-state index in [9.17, 15) is 18.0 Å². The van der Waals surface area contributed by atoms with Crippen molar-refractivity contribution in [1.29, 1.82) is 0 Å². The summed E-state index contributed by atoms with van der Waals surface area (Å²) >= 11 is 0. The Balaban J connectivity index is 2.70. The molecule has 1 rings (SSSR count). The number of rotatable bonds is 4. The van der Waals surface area contributed by atoms with Crippen molar-refractivity contribution in [3.8, 4) is 0 Å². The first-order valence-corrected chi connectivity index (χ1v) is 4.18. The Hall–Kier alpha value is -1.72. The smallest absolute Gasteiger partial charge is 0.219 e. The largest absolute Gasteiger partial charge is 0.382 e. The van der Waals surface area contributed by atoms with Gasteiger partial charge in [-0.1, -0.05) is 0 Å². The van der Waals surface area contributed by atoms with Gasteiger partial charge in [-0.05, 0) is 12.1 Å². The van der Waals surface area contributed by atoms with Crippen LogP contribution < -0.4 is 11.1 Å². The second kappa shape index (κ2) is 4.68. The summed E-state index contributed by atoms with van der Waals surface area (Å²) in [5.41, 5.74) is 4.64. The normalized spacial score (nSPS) is 10.1. The molecule has 0 atom stereocenters. The molecule has 0 bridgehead atoms. The lowest BCUT2D eigenvalue weighted by Gasteiger charge is -2.06. The summed E-state index contributed by atoms with van der Waals surface area (Å²) in [6, 6.07) is 1.85. The molecule has 0 aliphatic carbocycles. The van der Waals surface area contributed by atoms with Gasteiger partial charge in [0, 0.05) is 13.0 Å². The fraction of sp³-hybridized carbons (Fsp3) is 0.222. The lowest BCUT2D eigenvalue weighted by atomic mass is 10.2. The number of halogens is 3. The maximum atomic E-state index is 13.0. The number of hydrogen-bond acceptors (Lipinski definition) is 2. The molecule has 0 fully saturated rings. The van der Waals surface area contributed by atoms with Gasteiger partial charge in [0.1, 0.15) is 0 Å². The highest BCUT2D eigenvalue weighted by Gasteiger charge is 2.12. The van der Waals surface area contributed by atoms with Gasteiger partial charge in [0.25, 0.3) is 0 Å². The zero-order chi connectivity index (χ0) is 11.4. The van der Waals surface area contributed by atoms with Crippen molar-refractivity contribution < 1.29 is 18.0 Å². The first-order valence-electron chi connectivity index (χ1n) is 4.18. The molecule has 0 saturated carbocycles. The van der Waals surface area contributed by atoms with Gasteiger partial charge in [0.2, 0.25) is 5.91 Å². The second-order valence-corrected chi connectivity index (χ2v) is 2.87. The van der Waals surface area contributed by atoms with Crippen LogP contribution in [0.5, 0.6) is 0 Å². The quantitative estimate of drug-likeness (QED) is 0.750. The average molecular weight is 218 g/mol. The predicted octanol–water partition coefficient (Wildman–Crippen LogP) is 1.39. The molecule has 1 amide bonds. The third-order valence-electron chi connectivity index (χ3n) is 1.72. The average Bonchev–Trinajstić information content (AvgIpc) is 2.18. The van der Waals surface area contributed by atoms with E-state index in [-0.39, 0.29) is 18.7 Å². The van der Waals surface area contributed by atoms with E-state index < -0.39 is 23.4 Å². The lowest BCUT2D eigenvalue weighted by molar-refractivity contribution is -0.117. The standard InChI is InChI=1S/C9H9F3N2O/c10-5-1-2-6(9(12)8(5)11)14-4-3-7(13)15/h1-2,14H,3-4H2,(H2,13,15). The SMILES string of the molecule is NC(=O)CCNc1ccc(F)c(F)c1F. The van der Waals surface area contributed by atoms with Gasteiger partial charge >= 0.3 is 0 Å². The summed E-state index contributed by atoms with van der Waals surface area (Å²) in [5, 5.41) is 2.43. The van der Waals surface area contributed by atoms with E-state index in [1.54, 1.807) is 0 Å². The molecule has 82 valence electrons. The molecule has 0 radical (unpaired) electrons. The predicted molar refractivity (Wildman–Crippen MR) is 48.6 cm³/mol. The van der Waals surface area contributed by atoms with Gasteiger partial charge in [-0.25, -0.2) is 13.2 Å². The van der Waals surface area contributed by atoms with E-state index in [0.29, 0.717) is 0 Å². The fourth-order valence-electron chi connectivity index (χ4n) is 0.983. The van der Waals surface area contributed by atoms with Crippen molar-refractivity contribution in [2.75, 3.05) is 11.9 Å². The number of primary amides is 1. The van der Waals surface area contributed by atoms with Crippen LogP contribution in [0.2, 0.25) is 0 Å². The van der Waals surface area contributed by atoms with Crippen LogP contribution in [0, 0.1) is 17.5 Å². The van der Waals surface area contributed by atoms with Gasteiger partial charge in [-0.15, -0.1) is 0 Å². The molecule has 0 saturated heterocycles. The Kier molecular flexibility index (Phi) is 3.54. The molecular weight excluding hydrogens is 209 g/mol. The number of benzene rings is 1. The summed E-state index contributed by atoms with van der Waals surface area (Å²) in [6.07, 6.45) is -0.0154. The summed E-state index contributed by atoms with van der Waals surface area (Å²) in [7, 11) is 0. The number of carbonyl (C=O) groups is 1. The monoisotopic (exact) mass is 218 g/mol. The molecule has 0 aromatic heterocycles. The zero-order valence-electron chi connectivity index (χ0n) is 7.69. The number of nitrogens with two attached hydrogens (primary N) is 1. The van der Waals surface area contributed by atoms with Crippen molar-refractivity contribution in [3.63, 3.8) is 0 Å². The van der Waals surface area contributed by atoms with Gasteiger partial charge < -0.3 is 11.1 Å². The van der Waals surface area contributed by atoms with Crippen LogP contribution in [-0.4, -0.2) is 12.5 Å². The molecule has 3 N–H and O–H groups in total. The Morgan fingerprint density at radius 3 is 2.53 bits per heavy atom. The van der Waals surface area contributed by atoms with E-state index >= 15 is 0 Å². The van der Waals surface area contributed by atoms with E-state index in [1.807, 2.05) is 0 Å². The summed E-state index contributed by atoms with van der Waals surface area (Å²) in [6.45, 7) is 0.0668. The number of carbonyl (C=O) groups excluding carboxylic acids is 1. The minimum Gasteiger partial charge on any atom is -0.382 e.